The number of thiocarbonyl (C=S) groups is 1. The van der Waals surface area contributed by atoms with Crippen LogP contribution in [0.15, 0.2) is 27.6 Å². The van der Waals surface area contributed by atoms with Crippen LogP contribution in [0.1, 0.15) is 38.2 Å². The maximum Gasteiger partial charge on any atom is 0.266 e. The minimum absolute atomic E-state index is 0.0986. The Hall–Kier alpha value is -1.18. The van der Waals surface area contributed by atoms with Gasteiger partial charge in [-0.3, -0.25) is 14.5 Å². The highest BCUT2D eigenvalue weighted by molar-refractivity contribution is 9.10. The molecule has 132 valence electrons. The second kappa shape index (κ2) is 7.60. The Bertz CT molecular complexity index is 791. The van der Waals surface area contributed by atoms with Crippen molar-refractivity contribution in [1.29, 1.82) is 0 Å². The summed E-state index contributed by atoms with van der Waals surface area (Å²) >= 11 is 9.91. The van der Waals surface area contributed by atoms with E-state index in [2.05, 4.69) is 22.9 Å². The second-order valence-corrected chi connectivity index (χ2v) is 8.68. The smallest absolute Gasteiger partial charge is 0.266 e. The number of rotatable bonds is 5. The highest BCUT2D eigenvalue weighted by Crippen LogP contribution is 2.45. The Kier molecular flexibility index (Phi) is 5.65. The molecule has 2 aliphatic heterocycles. The van der Waals surface area contributed by atoms with Gasteiger partial charge in [-0.2, -0.15) is 0 Å². The molecule has 0 radical (unpaired) electrons. The molecule has 0 atom stereocenters. The van der Waals surface area contributed by atoms with Crippen LogP contribution in [0.4, 0.5) is 5.69 Å². The molecule has 25 heavy (non-hydrogen) atoms. The zero-order valence-electron chi connectivity index (χ0n) is 14.2. The number of anilines is 1. The van der Waals surface area contributed by atoms with Crippen LogP contribution in [0.3, 0.4) is 0 Å². The molecule has 0 N–H and O–H groups in total. The summed E-state index contributed by atoms with van der Waals surface area (Å²) in [6.45, 7) is 2.84. The zero-order chi connectivity index (χ0) is 18.1. The predicted octanol–water partition coefficient (Wildman–Crippen LogP) is 4.58. The second-order valence-electron chi connectivity index (χ2n) is 6.12. The first-order chi connectivity index (χ1) is 12.0. The summed E-state index contributed by atoms with van der Waals surface area (Å²) in [5, 5.41) is 0. The minimum atomic E-state index is -0.197. The van der Waals surface area contributed by atoms with Gasteiger partial charge in [0.1, 0.15) is 4.32 Å². The van der Waals surface area contributed by atoms with Crippen molar-refractivity contribution in [3.8, 4) is 0 Å². The van der Waals surface area contributed by atoms with Gasteiger partial charge in [-0.05, 0) is 24.6 Å². The van der Waals surface area contributed by atoms with Crippen LogP contribution >= 0.6 is 39.9 Å². The number of carbonyl (C=O) groups excluding carboxylic acids is 2. The normalized spacial score (nSPS) is 20.0. The van der Waals surface area contributed by atoms with Crippen molar-refractivity contribution in [2.24, 2.45) is 0 Å². The number of hydrogen-bond acceptors (Lipinski definition) is 4. The molecule has 0 unspecified atom stereocenters. The lowest BCUT2D eigenvalue weighted by Gasteiger charge is -2.17. The van der Waals surface area contributed by atoms with Crippen LogP contribution in [0.2, 0.25) is 0 Å². The number of benzene rings is 1. The van der Waals surface area contributed by atoms with E-state index in [1.165, 1.54) is 16.7 Å². The Morgan fingerprint density at radius 1 is 1.16 bits per heavy atom. The van der Waals surface area contributed by atoms with Crippen LogP contribution in [-0.2, 0) is 9.59 Å². The van der Waals surface area contributed by atoms with Gasteiger partial charge in [0.15, 0.2) is 0 Å². The molecule has 0 spiro atoms. The number of hydrogen-bond donors (Lipinski definition) is 0. The van der Waals surface area contributed by atoms with E-state index in [-0.39, 0.29) is 11.8 Å². The fraction of sp³-hybridized carbons (Fsp3) is 0.389. The quantitative estimate of drug-likeness (QED) is 0.383. The molecule has 2 aliphatic rings. The van der Waals surface area contributed by atoms with E-state index in [9.17, 15) is 9.59 Å². The molecular weight excluding hydrogens is 420 g/mol. The maximum absolute atomic E-state index is 13.1. The van der Waals surface area contributed by atoms with Crippen molar-refractivity contribution < 1.29 is 9.59 Å². The van der Waals surface area contributed by atoms with Crippen LogP contribution in [0, 0.1) is 0 Å². The molecule has 0 saturated carbocycles. The van der Waals surface area contributed by atoms with E-state index in [1.54, 1.807) is 11.9 Å². The van der Waals surface area contributed by atoms with E-state index >= 15 is 0 Å². The fourth-order valence-corrected chi connectivity index (χ4v) is 4.65. The summed E-state index contributed by atoms with van der Waals surface area (Å²) in [5.74, 6) is -0.296. The largest absolute Gasteiger partial charge is 0.308 e. The van der Waals surface area contributed by atoms with Crippen LogP contribution in [0.25, 0.3) is 5.57 Å². The van der Waals surface area contributed by atoms with Crippen molar-refractivity contribution in [1.82, 2.24) is 4.90 Å². The van der Waals surface area contributed by atoms with Crippen LogP contribution in [0.5, 0.6) is 0 Å². The van der Waals surface area contributed by atoms with E-state index in [0.717, 1.165) is 41.4 Å². The van der Waals surface area contributed by atoms with Gasteiger partial charge in [0, 0.05) is 23.6 Å². The summed E-state index contributed by atoms with van der Waals surface area (Å²) in [6.07, 6.45) is 4.37. The van der Waals surface area contributed by atoms with Crippen LogP contribution < -0.4 is 4.90 Å². The predicted molar refractivity (Wildman–Crippen MR) is 111 cm³/mol. The molecule has 0 aliphatic carbocycles. The highest BCUT2D eigenvalue weighted by Gasteiger charge is 2.40. The Labute approximate surface area is 165 Å². The standard InChI is InChI=1S/C18H19BrN2O2S2/c1-3-4-5-6-9-21-13-8-7-11(19)10-12(13)14(16(21)22)15-17(23)20(2)18(24)25-15/h7-8,10H,3-6,9H2,1-2H3/b15-14-. The number of carbonyl (C=O) groups is 2. The van der Waals surface area contributed by atoms with Crippen molar-refractivity contribution in [3.63, 3.8) is 0 Å². The molecule has 3 rings (SSSR count). The summed E-state index contributed by atoms with van der Waals surface area (Å²) in [6, 6.07) is 5.78. The van der Waals surface area contributed by atoms with E-state index in [4.69, 9.17) is 12.2 Å². The summed E-state index contributed by atoms with van der Waals surface area (Å²) < 4.78 is 1.37. The summed E-state index contributed by atoms with van der Waals surface area (Å²) in [7, 11) is 1.65. The van der Waals surface area contributed by atoms with Gasteiger partial charge in [-0.1, -0.05) is 66.1 Å². The fourth-order valence-electron chi connectivity index (χ4n) is 3.03. The van der Waals surface area contributed by atoms with Crippen molar-refractivity contribution in [2.45, 2.75) is 32.6 Å². The molecule has 0 bridgehead atoms. The molecule has 0 aromatic heterocycles. The topological polar surface area (TPSA) is 40.6 Å². The van der Waals surface area contributed by atoms with E-state index in [1.807, 2.05) is 18.2 Å². The van der Waals surface area contributed by atoms with Gasteiger partial charge in [0.25, 0.3) is 11.8 Å². The Balaban J connectivity index is 2.01. The lowest BCUT2D eigenvalue weighted by Crippen LogP contribution is -2.28. The average Bonchev–Trinajstić information content (AvgIpc) is 2.99. The first-order valence-electron chi connectivity index (χ1n) is 8.31. The van der Waals surface area contributed by atoms with E-state index < -0.39 is 0 Å². The van der Waals surface area contributed by atoms with Gasteiger partial charge >= 0.3 is 0 Å². The maximum atomic E-state index is 13.1. The molecule has 7 heteroatoms. The molecule has 1 aromatic carbocycles. The first-order valence-corrected chi connectivity index (χ1v) is 10.3. The highest BCUT2D eigenvalue weighted by atomic mass is 79.9. The molecule has 2 amide bonds. The first kappa shape index (κ1) is 18.6. The molecule has 2 heterocycles. The van der Waals surface area contributed by atoms with Gasteiger partial charge in [-0.15, -0.1) is 0 Å². The van der Waals surface area contributed by atoms with Gasteiger partial charge in [0.05, 0.1) is 16.2 Å². The lowest BCUT2D eigenvalue weighted by molar-refractivity contribution is -0.121. The third-order valence-corrected chi connectivity index (χ3v) is 6.45. The van der Waals surface area contributed by atoms with E-state index in [0.29, 0.717) is 21.3 Å². The Morgan fingerprint density at radius 2 is 1.92 bits per heavy atom. The molecule has 1 saturated heterocycles. The minimum Gasteiger partial charge on any atom is -0.308 e. The number of amides is 2. The zero-order valence-corrected chi connectivity index (χ0v) is 17.4. The Morgan fingerprint density at radius 3 is 2.56 bits per heavy atom. The summed E-state index contributed by atoms with van der Waals surface area (Å²) in [4.78, 5) is 29.3. The third-order valence-electron chi connectivity index (χ3n) is 4.40. The average molecular weight is 439 g/mol. The third kappa shape index (κ3) is 3.41. The SMILES string of the molecule is CCCCCCN1C(=O)/C(=C2\SC(=S)N(C)C2=O)c2cc(Br)ccc21. The molecular formula is C18H19BrN2O2S2. The van der Waals surface area contributed by atoms with Crippen LogP contribution in [-0.4, -0.2) is 34.6 Å². The van der Waals surface area contributed by atoms with Gasteiger partial charge in [-0.25, -0.2) is 0 Å². The molecule has 4 nitrogen and oxygen atoms in total. The number of nitrogens with zero attached hydrogens (tertiary/aromatic N) is 2. The summed E-state index contributed by atoms with van der Waals surface area (Å²) in [5.41, 5.74) is 2.17. The van der Waals surface area contributed by atoms with Gasteiger partial charge in [0.2, 0.25) is 0 Å². The van der Waals surface area contributed by atoms with Gasteiger partial charge < -0.3 is 4.90 Å². The number of likely N-dealkylation sites (N-methyl/N-ethyl adjacent to an activating group) is 1. The van der Waals surface area contributed by atoms with Crippen molar-refractivity contribution in [2.75, 3.05) is 18.5 Å². The molecule has 1 aromatic rings. The number of halogens is 1. The lowest BCUT2D eigenvalue weighted by atomic mass is 10.1. The van der Waals surface area contributed by atoms with Crippen molar-refractivity contribution in [3.05, 3.63) is 33.1 Å². The van der Waals surface area contributed by atoms with Crippen molar-refractivity contribution >= 4 is 67.3 Å². The number of thioether (sulfide) groups is 1. The monoisotopic (exact) mass is 438 g/mol. The number of fused-ring (bicyclic) bond motifs is 1. The molecule has 1 fully saturated rings. The number of unbranched alkanes of at least 4 members (excludes halogenated alkanes) is 3.